The second-order valence-electron chi connectivity index (χ2n) is 7.78. The summed E-state index contributed by atoms with van der Waals surface area (Å²) >= 11 is 0. The molecule has 2 atom stereocenters. The predicted molar refractivity (Wildman–Crippen MR) is 111 cm³/mol. The molecule has 150 valence electrons. The number of esters is 1. The molecule has 2 aromatic carbocycles. The molecule has 2 fully saturated rings. The minimum Gasteiger partial charge on any atom is -0.421 e. The smallest absolute Gasteiger partial charge is 0.343 e. The molecule has 2 amide bonds. The molecular weight excluding hydrogens is 380 g/mol. The molecule has 1 aromatic heterocycles. The van der Waals surface area contributed by atoms with Crippen molar-refractivity contribution < 1.29 is 19.1 Å². The van der Waals surface area contributed by atoms with Crippen LogP contribution in [0.4, 0.5) is 5.69 Å². The predicted octanol–water partition coefficient (Wildman–Crippen LogP) is 4.13. The van der Waals surface area contributed by atoms with E-state index in [0.717, 1.165) is 31.1 Å². The number of carbonyl (C=O) groups excluding carboxylic acids is 3. The summed E-state index contributed by atoms with van der Waals surface area (Å²) in [7, 11) is 0. The van der Waals surface area contributed by atoms with Crippen LogP contribution in [0.1, 0.15) is 36.0 Å². The molecule has 6 heteroatoms. The van der Waals surface area contributed by atoms with Crippen LogP contribution in [0.5, 0.6) is 5.75 Å². The molecule has 5 rings (SSSR count). The Hall–Kier alpha value is -3.54. The van der Waals surface area contributed by atoms with Gasteiger partial charge in [0.05, 0.1) is 23.1 Å². The largest absolute Gasteiger partial charge is 0.421 e. The first-order valence-corrected chi connectivity index (χ1v) is 10.2. The number of hydrogen-bond acceptors (Lipinski definition) is 5. The zero-order valence-corrected chi connectivity index (χ0v) is 16.3. The van der Waals surface area contributed by atoms with Crippen molar-refractivity contribution in [1.82, 2.24) is 4.98 Å². The summed E-state index contributed by atoms with van der Waals surface area (Å²) in [5, 5.41) is 0.868. The maximum absolute atomic E-state index is 12.8. The molecule has 0 N–H and O–H groups in total. The molecule has 1 aliphatic heterocycles. The van der Waals surface area contributed by atoms with Gasteiger partial charge in [-0.2, -0.15) is 0 Å². The molecule has 1 saturated carbocycles. The zero-order chi connectivity index (χ0) is 20.7. The fourth-order valence-corrected chi connectivity index (χ4v) is 4.51. The number of amides is 2. The Morgan fingerprint density at radius 2 is 1.63 bits per heavy atom. The van der Waals surface area contributed by atoms with E-state index in [-0.39, 0.29) is 29.2 Å². The van der Waals surface area contributed by atoms with Gasteiger partial charge in [-0.25, -0.2) is 4.79 Å². The topological polar surface area (TPSA) is 76.6 Å². The van der Waals surface area contributed by atoms with E-state index in [9.17, 15) is 14.4 Å². The van der Waals surface area contributed by atoms with Crippen molar-refractivity contribution in [1.29, 1.82) is 0 Å². The van der Waals surface area contributed by atoms with Crippen LogP contribution in [0.2, 0.25) is 0 Å². The van der Waals surface area contributed by atoms with E-state index < -0.39 is 5.97 Å². The first kappa shape index (κ1) is 18.5. The van der Waals surface area contributed by atoms with E-state index in [2.05, 4.69) is 4.98 Å². The molecule has 0 radical (unpaired) electrons. The highest BCUT2D eigenvalue weighted by Crippen LogP contribution is 2.40. The number of ether oxygens (including phenoxy) is 1. The summed E-state index contributed by atoms with van der Waals surface area (Å²) in [5.74, 6) is -0.983. The van der Waals surface area contributed by atoms with Crippen molar-refractivity contribution in [2.45, 2.75) is 25.7 Å². The standard InChI is InChI=1S/C24H20N2O4/c27-22-18-10-1-2-11-19(18)23(28)26(22)17-9-3-7-16(14-17)24(29)30-20-12-4-6-15-8-5-13-25-21(15)20/h3-9,12-14,18-19H,1-2,10-11H2/t18-,19-/m0/s1. The van der Waals surface area contributed by atoms with Gasteiger partial charge in [-0.15, -0.1) is 0 Å². The van der Waals surface area contributed by atoms with Crippen molar-refractivity contribution in [3.63, 3.8) is 0 Å². The second-order valence-corrected chi connectivity index (χ2v) is 7.78. The molecule has 30 heavy (non-hydrogen) atoms. The Kier molecular flexibility index (Phi) is 4.54. The Morgan fingerprint density at radius 1 is 0.933 bits per heavy atom. The molecule has 6 nitrogen and oxygen atoms in total. The SMILES string of the molecule is O=C(Oc1cccc2cccnc12)c1cccc(N2C(=O)[C@H]3CCCC[C@@H]3C2=O)c1. The maximum Gasteiger partial charge on any atom is 0.343 e. The van der Waals surface area contributed by atoms with Crippen LogP contribution in [-0.4, -0.2) is 22.8 Å². The lowest BCUT2D eigenvalue weighted by molar-refractivity contribution is -0.122. The lowest BCUT2D eigenvalue weighted by Crippen LogP contribution is -2.31. The van der Waals surface area contributed by atoms with Gasteiger partial charge in [0.1, 0.15) is 5.52 Å². The van der Waals surface area contributed by atoms with Crippen molar-refractivity contribution >= 4 is 34.4 Å². The van der Waals surface area contributed by atoms with E-state index in [1.54, 1.807) is 42.6 Å². The summed E-state index contributed by atoms with van der Waals surface area (Å²) < 4.78 is 5.59. The van der Waals surface area contributed by atoms with Crippen molar-refractivity contribution in [2.75, 3.05) is 4.90 Å². The number of carbonyl (C=O) groups is 3. The van der Waals surface area contributed by atoms with Crippen LogP contribution < -0.4 is 9.64 Å². The van der Waals surface area contributed by atoms with Crippen molar-refractivity contribution in [2.24, 2.45) is 11.8 Å². The fourth-order valence-electron chi connectivity index (χ4n) is 4.51. The summed E-state index contributed by atoms with van der Waals surface area (Å²) in [5.41, 5.74) is 1.29. The van der Waals surface area contributed by atoms with E-state index in [0.29, 0.717) is 17.0 Å². The molecule has 3 aromatic rings. The average molecular weight is 400 g/mol. The third-order valence-electron chi connectivity index (χ3n) is 5.98. The minimum absolute atomic E-state index is 0.159. The first-order chi connectivity index (χ1) is 14.6. The van der Waals surface area contributed by atoms with Gasteiger partial charge in [0, 0.05) is 11.6 Å². The number of rotatable bonds is 3. The van der Waals surface area contributed by atoms with Gasteiger partial charge < -0.3 is 4.74 Å². The van der Waals surface area contributed by atoms with Crippen LogP contribution >= 0.6 is 0 Å². The average Bonchev–Trinajstić information content (AvgIpc) is 3.04. The maximum atomic E-state index is 12.8. The Balaban J connectivity index is 1.43. The Labute approximate surface area is 173 Å². The zero-order valence-electron chi connectivity index (χ0n) is 16.3. The molecule has 2 aliphatic rings. The van der Waals surface area contributed by atoms with Crippen LogP contribution in [0.25, 0.3) is 10.9 Å². The highest BCUT2D eigenvalue weighted by Gasteiger charge is 2.48. The second kappa shape index (κ2) is 7.37. The van der Waals surface area contributed by atoms with Crippen LogP contribution in [-0.2, 0) is 9.59 Å². The fraction of sp³-hybridized carbons (Fsp3) is 0.250. The highest BCUT2D eigenvalue weighted by atomic mass is 16.5. The van der Waals surface area contributed by atoms with E-state index in [1.165, 1.54) is 4.90 Å². The lowest BCUT2D eigenvalue weighted by Gasteiger charge is -2.19. The van der Waals surface area contributed by atoms with Gasteiger partial charge in [0.25, 0.3) is 0 Å². The molecular formula is C24H20N2O4. The van der Waals surface area contributed by atoms with Gasteiger partial charge in [-0.3, -0.25) is 19.5 Å². The highest BCUT2D eigenvalue weighted by molar-refractivity contribution is 6.22. The monoisotopic (exact) mass is 400 g/mol. The third kappa shape index (κ3) is 3.05. The lowest BCUT2D eigenvalue weighted by atomic mass is 9.81. The minimum atomic E-state index is -0.563. The third-order valence-corrected chi connectivity index (χ3v) is 5.98. The number of aromatic nitrogens is 1. The number of nitrogens with zero attached hydrogens (tertiary/aromatic N) is 2. The molecule has 2 heterocycles. The Bertz CT molecular complexity index is 1140. The van der Waals surface area contributed by atoms with Gasteiger partial charge in [-0.1, -0.05) is 37.1 Å². The summed E-state index contributed by atoms with van der Waals surface area (Å²) in [4.78, 5) is 44.0. The van der Waals surface area contributed by atoms with Gasteiger partial charge in [-0.05, 0) is 43.2 Å². The summed E-state index contributed by atoms with van der Waals surface area (Å²) in [6, 6.07) is 15.6. The van der Waals surface area contributed by atoms with Gasteiger partial charge >= 0.3 is 5.97 Å². The van der Waals surface area contributed by atoms with Crippen LogP contribution in [0, 0.1) is 11.8 Å². The van der Waals surface area contributed by atoms with Gasteiger partial charge in [0.15, 0.2) is 5.75 Å². The molecule has 0 bridgehead atoms. The van der Waals surface area contributed by atoms with Crippen LogP contribution in [0.15, 0.2) is 60.8 Å². The number of hydrogen-bond donors (Lipinski definition) is 0. The quantitative estimate of drug-likeness (QED) is 0.375. The molecule has 0 spiro atoms. The first-order valence-electron chi connectivity index (χ1n) is 10.2. The number of fused-ring (bicyclic) bond motifs is 2. The molecule has 0 unspecified atom stereocenters. The number of imide groups is 1. The Morgan fingerprint density at radius 3 is 2.40 bits per heavy atom. The van der Waals surface area contributed by atoms with E-state index in [1.807, 2.05) is 18.2 Å². The van der Waals surface area contributed by atoms with Crippen molar-refractivity contribution in [3.05, 3.63) is 66.4 Å². The molecule has 1 aliphatic carbocycles. The summed E-state index contributed by atoms with van der Waals surface area (Å²) in [6.07, 6.45) is 5.09. The summed E-state index contributed by atoms with van der Waals surface area (Å²) in [6.45, 7) is 0. The number of anilines is 1. The van der Waals surface area contributed by atoms with Gasteiger partial charge in [0.2, 0.25) is 11.8 Å². The van der Waals surface area contributed by atoms with Crippen LogP contribution in [0.3, 0.4) is 0 Å². The number of benzene rings is 2. The number of para-hydroxylation sites is 1. The normalized spacial score (nSPS) is 21.0. The number of pyridine rings is 1. The van der Waals surface area contributed by atoms with E-state index >= 15 is 0 Å². The van der Waals surface area contributed by atoms with Crippen molar-refractivity contribution in [3.8, 4) is 5.75 Å². The van der Waals surface area contributed by atoms with E-state index in [4.69, 9.17) is 4.74 Å². The molecule has 1 saturated heterocycles.